The fourth-order valence-electron chi connectivity index (χ4n) is 5.72. The van der Waals surface area contributed by atoms with Crippen molar-refractivity contribution in [3.05, 3.63) is 125 Å². The predicted molar refractivity (Wildman–Crippen MR) is 151 cm³/mol. The van der Waals surface area contributed by atoms with E-state index in [2.05, 4.69) is 105 Å². The third kappa shape index (κ3) is 6.64. The fourth-order valence-corrected chi connectivity index (χ4v) is 5.72. The van der Waals surface area contributed by atoms with Crippen molar-refractivity contribution in [2.45, 2.75) is 57.8 Å². The van der Waals surface area contributed by atoms with E-state index in [9.17, 15) is 0 Å². The van der Waals surface area contributed by atoms with Gasteiger partial charge < -0.3 is 0 Å². The number of hydrogen-bond donors (Lipinski definition) is 0. The minimum absolute atomic E-state index is 0.425. The van der Waals surface area contributed by atoms with Crippen LogP contribution in [0.1, 0.15) is 72.8 Å². The largest absolute Gasteiger partial charge is 0.115 e. The molecule has 0 spiro atoms. The maximum absolute atomic E-state index is 5.52. The number of aryl methyl sites for hydroxylation is 1. The average Bonchev–Trinajstić information content (AvgIpc) is 2.90. The number of allylic oxidation sites excluding steroid dienone is 2. The Morgan fingerprint density at radius 1 is 0.857 bits per heavy atom. The molecule has 1 unspecified atom stereocenters. The van der Waals surface area contributed by atoms with E-state index in [-0.39, 0.29) is 0 Å². The van der Waals surface area contributed by atoms with Crippen LogP contribution in [0, 0.1) is 24.2 Å². The second-order valence-electron chi connectivity index (χ2n) is 10.4. The molecule has 3 aromatic rings. The molecule has 0 nitrogen and oxygen atoms in total. The molecule has 0 heterocycles. The lowest BCUT2D eigenvalue weighted by molar-refractivity contribution is 0.252. The molecule has 0 bridgehead atoms. The lowest BCUT2D eigenvalue weighted by Gasteiger charge is -2.35. The molecule has 4 rings (SSSR count). The Morgan fingerprint density at radius 2 is 1.51 bits per heavy atom. The Balaban J connectivity index is 1.44. The SMILES string of the molecule is C#Cc1ccc(CC2CCC(C(C(=C)CCc3ccccc3)c3ccc(C(=C)C)cc3)CC2)cc1. The average molecular weight is 459 g/mol. The summed E-state index contributed by atoms with van der Waals surface area (Å²) in [6, 6.07) is 28.5. The summed E-state index contributed by atoms with van der Waals surface area (Å²) < 4.78 is 0. The van der Waals surface area contributed by atoms with Gasteiger partial charge in [0.2, 0.25) is 0 Å². The van der Waals surface area contributed by atoms with Gasteiger partial charge in [-0.3, -0.25) is 0 Å². The molecule has 1 aliphatic carbocycles. The minimum Gasteiger partial charge on any atom is -0.115 e. The van der Waals surface area contributed by atoms with Crippen LogP contribution in [0.2, 0.25) is 0 Å². The molecule has 0 heteroatoms. The van der Waals surface area contributed by atoms with Gasteiger partial charge in [-0.25, -0.2) is 0 Å². The molecule has 1 saturated carbocycles. The number of terminal acetylenes is 1. The normalized spacial score (nSPS) is 18.4. The maximum Gasteiger partial charge on any atom is 0.0242 e. The highest BCUT2D eigenvalue weighted by molar-refractivity contribution is 5.61. The Labute approximate surface area is 212 Å². The maximum atomic E-state index is 5.52. The summed E-state index contributed by atoms with van der Waals surface area (Å²) in [6.07, 6.45) is 13.9. The Hall–Kier alpha value is -3.30. The zero-order valence-corrected chi connectivity index (χ0v) is 21.2. The molecule has 0 aromatic heterocycles. The van der Waals surface area contributed by atoms with Crippen LogP contribution >= 0.6 is 0 Å². The van der Waals surface area contributed by atoms with Gasteiger partial charge in [0.05, 0.1) is 0 Å². The number of benzene rings is 3. The van der Waals surface area contributed by atoms with Gasteiger partial charge in [-0.05, 0) is 98.1 Å². The van der Waals surface area contributed by atoms with E-state index >= 15 is 0 Å². The van der Waals surface area contributed by atoms with Crippen molar-refractivity contribution in [1.82, 2.24) is 0 Å². The van der Waals surface area contributed by atoms with Crippen molar-refractivity contribution in [1.29, 1.82) is 0 Å². The standard InChI is InChI=1S/C35H38/c1-5-28-13-15-30(16-14-28)25-31-17-19-33(20-18-31)35(34-23-21-32(22-24-34)26(2)3)27(4)11-12-29-9-7-6-8-10-29/h1,6-10,13-16,21-24,31,33,35H,2,4,11-12,17-20,25H2,3H3. The van der Waals surface area contributed by atoms with Gasteiger partial charge in [0.15, 0.2) is 0 Å². The van der Waals surface area contributed by atoms with E-state index < -0.39 is 0 Å². The van der Waals surface area contributed by atoms with Gasteiger partial charge in [-0.15, -0.1) is 6.42 Å². The highest BCUT2D eigenvalue weighted by atomic mass is 14.3. The van der Waals surface area contributed by atoms with E-state index in [4.69, 9.17) is 6.42 Å². The van der Waals surface area contributed by atoms with Crippen molar-refractivity contribution < 1.29 is 0 Å². The first-order chi connectivity index (χ1) is 17.0. The van der Waals surface area contributed by atoms with Gasteiger partial charge in [-0.1, -0.05) is 97.0 Å². The summed E-state index contributed by atoms with van der Waals surface area (Å²) in [6.45, 7) is 10.8. The van der Waals surface area contributed by atoms with E-state index in [0.29, 0.717) is 11.8 Å². The van der Waals surface area contributed by atoms with Crippen molar-refractivity contribution in [3.8, 4) is 12.3 Å². The van der Waals surface area contributed by atoms with Crippen LogP contribution < -0.4 is 0 Å². The molecule has 178 valence electrons. The van der Waals surface area contributed by atoms with E-state index in [0.717, 1.165) is 36.3 Å². The lowest BCUT2D eigenvalue weighted by atomic mass is 9.69. The first kappa shape index (κ1) is 24.8. The van der Waals surface area contributed by atoms with E-state index in [1.807, 2.05) is 0 Å². The Bertz CT molecular complexity index is 1150. The summed E-state index contributed by atoms with van der Waals surface area (Å²) in [5.41, 5.74) is 8.91. The summed E-state index contributed by atoms with van der Waals surface area (Å²) in [5.74, 6) is 4.56. The second kappa shape index (κ2) is 11.9. The van der Waals surface area contributed by atoms with Gasteiger partial charge in [0, 0.05) is 11.5 Å². The Kier molecular flexibility index (Phi) is 8.44. The molecule has 3 aromatic carbocycles. The fraction of sp³-hybridized carbons (Fsp3) is 0.314. The first-order valence-corrected chi connectivity index (χ1v) is 13.1. The third-order valence-electron chi connectivity index (χ3n) is 7.79. The van der Waals surface area contributed by atoms with Crippen molar-refractivity contribution in [2.75, 3.05) is 0 Å². The molecule has 0 radical (unpaired) electrons. The summed E-state index contributed by atoms with van der Waals surface area (Å²) >= 11 is 0. The van der Waals surface area contributed by atoms with Crippen molar-refractivity contribution in [2.24, 2.45) is 11.8 Å². The topological polar surface area (TPSA) is 0 Å². The van der Waals surface area contributed by atoms with Crippen LogP contribution in [-0.2, 0) is 12.8 Å². The molecular formula is C35H38. The molecule has 1 fully saturated rings. The number of rotatable bonds is 9. The van der Waals surface area contributed by atoms with E-state index in [1.165, 1.54) is 53.5 Å². The van der Waals surface area contributed by atoms with Gasteiger partial charge >= 0.3 is 0 Å². The first-order valence-electron chi connectivity index (χ1n) is 13.1. The molecule has 0 N–H and O–H groups in total. The monoisotopic (exact) mass is 458 g/mol. The van der Waals surface area contributed by atoms with Crippen LogP contribution in [0.5, 0.6) is 0 Å². The molecule has 35 heavy (non-hydrogen) atoms. The summed E-state index contributed by atoms with van der Waals surface area (Å²) in [5, 5.41) is 0. The van der Waals surface area contributed by atoms with Crippen LogP contribution in [0.3, 0.4) is 0 Å². The molecule has 0 aliphatic heterocycles. The third-order valence-corrected chi connectivity index (χ3v) is 7.79. The van der Waals surface area contributed by atoms with E-state index in [1.54, 1.807) is 0 Å². The minimum atomic E-state index is 0.425. The van der Waals surface area contributed by atoms with Crippen LogP contribution in [-0.4, -0.2) is 0 Å². The Morgan fingerprint density at radius 3 is 2.11 bits per heavy atom. The summed E-state index contributed by atoms with van der Waals surface area (Å²) in [4.78, 5) is 0. The van der Waals surface area contributed by atoms with Gasteiger partial charge in [-0.2, -0.15) is 0 Å². The second-order valence-corrected chi connectivity index (χ2v) is 10.4. The van der Waals surface area contributed by atoms with Gasteiger partial charge in [0.25, 0.3) is 0 Å². The molecule has 1 aliphatic rings. The van der Waals surface area contributed by atoms with Crippen molar-refractivity contribution >= 4 is 5.57 Å². The highest BCUT2D eigenvalue weighted by Crippen LogP contribution is 2.43. The molecular weight excluding hydrogens is 420 g/mol. The predicted octanol–water partition coefficient (Wildman–Crippen LogP) is 9.02. The quantitative estimate of drug-likeness (QED) is 0.222. The highest BCUT2D eigenvalue weighted by Gasteiger charge is 2.30. The molecule has 1 atom stereocenters. The lowest BCUT2D eigenvalue weighted by Crippen LogP contribution is -2.23. The van der Waals surface area contributed by atoms with Crippen molar-refractivity contribution in [3.63, 3.8) is 0 Å². The molecule has 0 amide bonds. The van der Waals surface area contributed by atoms with Gasteiger partial charge in [0.1, 0.15) is 0 Å². The summed E-state index contributed by atoms with van der Waals surface area (Å²) in [7, 11) is 0. The van der Waals surface area contributed by atoms with Crippen LogP contribution in [0.15, 0.2) is 97.6 Å². The van der Waals surface area contributed by atoms with Crippen LogP contribution in [0.25, 0.3) is 5.57 Å². The number of hydrogen-bond acceptors (Lipinski definition) is 0. The zero-order chi connectivity index (χ0) is 24.6. The zero-order valence-electron chi connectivity index (χ0n) is 21.2. The van der Waals surface area contributed by atoms with Crippen LogP contribution in [0.4, 0.5) is 0 Å². The molecule has 0 saturated heterocycles. The smallest absolute Gasteiger partial charge is 0.0242 e.